The number of esters is 1. The fourth-order valence-electron chi connectivity index (χ4n) is 1.57. The third-order valence-electron chi connectivity index (χ3n) is 2.84. The summed E-state index contributed by atoms with van der Waals surface area (Å²) < 4.78 is 29.6. The Kier molecular flexibility index (Phi) is 5.86. The van der Waals surface area contributed by atoms with E-state index in [1.54, 1.807) is 0 Å². The van der Waals surface area contributed by atoms with Gasteiger partial charge in [-0.15, -0.1) is 0 Å². The van der Waals surface area contributed by atoms with Crippen molar-refractivity contribution < 1.29 is 27.9 Å². The number of rotatable bonds is 7. The number of carbonyl (C=O) groups excluding carboxylic acids is 1. The quantitative estimate of drug-likeness (QED) is 0.744. The number of hydrogen-bond donors (Lipinski definition) is 1. The van der Waals surface area contributed by atoms with Gasteiger partial charge in [0.1, 0.15) is 0 Å². The number of aliphatic carboxylic acids is 1. The molecule has 0 saturated heterocycles. The van der Waals surface area contributed by atoms with E-state index in [-0.39, 0.29) is 18.7 Å². The number of carboxylic acid groups (broad SMARTS) is 1. The van der Waals surface area contributed by atoms with Crippen LogP contribution in [-0.2, 0) is 25.3 Å². The molecule has 1 aromatic rings. The van der Waals surface area contributed by atoms with Crippen LogP contribution in [0.3, 0.4) is 0 Å². The Hall–Kier alpha value is -1.93. The molecule has 21 heavy (non-hydrogen) atoms. The number of carboxylic acids is 1. The molecular weight excluding hydrogens is 298 g/mol. The number of methoxy groups -OCH3 is 1. The van der Waals surface area contributed by atoms with Crippen LogP contribution in [0.15, 0.2) is 24.3 Å². The Morgan fingerprint density at radius 1 is 1.24 bits per heavy atom. The summed E-state index contributed by atoms with van der Waals surface area (Å²) in [5, 5.41) is 8.56. The first-order valence-corrected chi connectivity index (χ1v) is 7.70. The highest BCUT2D eigenvalue weighted by Crippen LogP contribution is 2.12. The maximum Gasteiger partial charge on any atom is 0.337 e. The van der Waals surface area contributed by atoms with Gasteiger partial charge in [0, 0.05) is 13.6 Å². The molecule has 0 saturated carbocycles. The molecule has 0 fully saturated rings. The van der Waals surface area contributed by atoms with E-state index in [2.05, 4.69) is 4.74 Å². The summed E-state index contributed by atoms with van der Waals surface area (Å²) in [4.78, 5) is 21.7. The summed E-state index contributed by atoms with van der Waals surface area (Å²) in [6.07, 6.45) is -0.253. The van der Waals surface area contributed by atoms with Crippen LogP contribution in [0.2, 0.25) is 0 Å². The largest absolute Gasteiger partial charge is 0.481 e. The SMILES string of the molecule is COC(=O)c1ccc(CS(=O)(=O)N(C)CCC(=O)O)cc1. The highest BCUT2D eigenvalue weighted by Gasteiger charge is 2.19. The van der Waals surface area contributed by atoms with Crippen molar-refractivity contribution in [2.45, 2.75) is 12.2 Å². The maximum atomic E-state index is 12.0. The van der Waals surface area contributed by atoms with Gasteiger partial charge >= 0.3 is 11.9 Å². The van der Waals surface area contributed by atoms with E-state index in [4.69, 9.17) is 5.11 Å². The molecule has 0 aliphatic heterocycles. The standard InChI is InChI=1S/C13H17NO6S/c1-14(8-7-12(15)16)21(18,19)9-10-3-5-11(6-4-10)13(17)20-2/h3-6H,7-9H2,1-2H3,(H,15,16). The summed E-state index contributed by atoms with van der Waals surface area (Å²) in [5.74, 6) is -1.81. The van der Waals surface area contributed by atoms with Gasteiger partial charge in [-0.2, -0.15) is 0 Å². The number of hydrogen-bond acceptors (Lipinski definition) is 5. The van der Waals surface area contributed by atoms with E-state index in [9.17, 15) is 18.0 Å². The predicted octanol–water partition coefficient (Wildman–Crippen LogP) is 0.709. The summed E-state index contributed by atoms with van der Waals surface area (Å²) in [7, 11) is -0.997. The normalized spacial score (nSPS) is 11.4. The molecule has 0 radical (unpaired) electrons. The Morgan fingerprint density at radius 2 is 1.81 bits per heavy atom. The Bertz CT molecular complexity index is 608. The van der Waals surface area contributed by atoms with Crippen molar-refractivity contribution >= 4 is 22.0 Å². The minimum absolute atomic E-state index is 0.0854. The number of nitrogens with zero attached hydrogens (tertiary/aromatic N) is 1. The van der Waals surface area contributed by atoms with Crippen molar-refractivity contribution in [1.29, 1.82) is 0 Å². The van der Waals surface area contributed by atoms with Crippen LogP contribution in [0, 0.1) is 0 Å². The van der Waals surface area contributed by atoms with Gasteiger partial charge in [-0.25, -0.2) is 17.5 Å². The molecule has 1 aromatic carbocycles. The molecule has 0 amide bonds. The molecule has 8 heteroatoms. The van der Waals surface area contributed by atoms with Crippen molar-refractivity contribution in [3.8, 4) is 0 Å². The van der Waals surface area contributed by atoms with Crippen LogP contribution >= 0.6 is 0 Å². The molecule has 116 valence electrons. The number of carbonyl (C=O) groups is 2. The second kappa shape index (κ2) is 7.19. The van der Waals surface area contributed by atoms with E-state index in [0.717, 1.165) is 4.31 Å². The van der Waals surface area contributed by atoms with E-state index in [0.29, 0.717) is 11.1 Å². The molecule has 7 nitrogen and oxygen atoms in total. The van der Waals surface area contributed by atoms with E-state index in [1.165, 1.54) is 38.4 Å². The zero-order valence-corrected chi connectivity index (χ0v) is 12.6. The average Bonchev–Trinajstić information content (AvgIpc) is 2.44. The molecule has 0 atom stereocenters. The van der Waals surface area contributed by atoms with Crippen LogP contribution in [0.1, 0.15) is 22.3 Å². The van der Waals surface area contributed by atoms with Crippen molar-refractivity contribution in [3.05, 3.63) is 35.4 Å². The first-order chi connectivity index (χ1) is 9.76. The fraction of sp³-hybridized carbons (Fsp3) is 0.385. The van der Waals surface area contributed by atoms with Gasteiger partial charge in [0.15, 0.2) is 0 Å². The third kappa shape index (κ3) is 5.16. The predicted molar refractivity (Wildman–Crippen MR) is 75.3 cm³/mol. The molecule has 1 rings (SSSR count). The van der Waals surface area contributed by atoms with Gasteiger partial charge in [-0.05, 0) is 17.7 Å². The minimum Gasteiger partial charge on any atom is -0.481 e. The maximum absolute atomic E-state index is 12.0. The van der Waals surface area contributed by atoms with Crippen LogP contribution in [0.4, 0.5) is 0 Å². The van der Waals surface area contributed by atoms with Crippen LogP contribution < -0.4 is 0 Å². The van der Waals surface area contributed by atoms with E-state index < -0.39 is 22.0 Å². The van der Waals surface area contributed by atoms with Gasteiger partial charge < -0.3 is 9.84 Å². The topological polar surface area (TPSA) is 101 Å². The van der Waals surface area contributed by atoms with Gasteiger partial charge in [0.05, 0.1) is 24.8 Å². The lowest BCUT2D eigenvalue weighted by Crippen LogP contribution is -2.30. The second-order valence-electron chi connectivity index (χ2n) is 4.41. The summed E-state index contributed by atoms with van der Waals surface area (Å²) >= 11 is 0. The number of sulfonamides is 1. The van der Waals surface area contributed by atoms with Crippen molar-refractivity contribution in [2.75, 3.05) is 20.7 Å². The summed E-state index contributed by atoms with van der Waals surface area (Å²) in [5.41, 5.74) is 0.836. The first kappa shape index (κ1) is 17.1. The summed E-state index contributed by atoms with van der Waals surface area (Å²) in [6.45, 7) is -0.0854. The molecule has 0 aromatic heterocycles. The Balaban J connectivity index is 2.75. The highest BCUT2D eigenvalue weighted by atomic mass is 32.2. The van der Waals surface area contributed by atoms with Crippen LogP contribution in [0.5, 0.6) is 0 Å². The van der Waals surface area contributed by atoms with E-state index in [1.807, 2.05) is 0 Å². The lowest BCUT2D eigenvalue weighted by atomic mass is 10.1. The molecule has 0 unspecified atom stereocenters. The molecule has 0 bridgehead atoms. The molecule has 0 aliphatic rings. The van der Waals surface area contributed by atoms with Crippen LogP contribution in [0.25, 0.3) is 0 Å². The number of benzene rings is 1. The highest BCUT2D eigenvalue weighted by molar-refractivity contribution is 7.88. The Morgan fingerprint density at radius 3 is 2.29 bits per heavy atom. The molecule has 0 heterocycles. The molecular formula is C13H17NO6S. The lowest BCUT2D eigenvalue weighted by molar-refractivity contribution is -0.137. The van der Waals surface area contributed by atoms with Gasteiger partial charge in [0.2, 0.25) is 10.0 Å². The van der Waals surface area contributed by atoms with Gasteiger partial charge in [-0.3, -0.25) is 4.79 Å². The van der Waals surface area contributed by atoms with Crippen molar-refractivity contribution in [3.63, 3.8) is 0 Å². The molecule has 0 spiro atoms. The third-order valence-corrected chi connectivity index (χ3v) is 4.67. The van der Waals surface area contributed by atoms with Crippen LogP contribution in [-0.4, -0.2) is 50.5 Å². The molecule has 1 N–H and O–H groups in total. The second-order valence-corrected chi connectivity index (χ2v) is 6.49. The van der Waals surface area contributed by atoms with Gasteiger partial charge in [0.25, 0.3) is 0 Å². The van der Waals surface area contributed by atoms with Gasteiger partial charge in [-0.1, -0.05) is 12.1 Å². The average molecular weight is 315 g/mol. The fourth-order valence-corrected chi connectivity index (χ4v) is 2.77. The molecule has 0 aliphatic carbocycles. The lowest BCUT2D eigenvalue weighted by Gasteiger charge is -2.16. The zero-order valence-electron chi connectivity index (χ0n) is 11.8. The zero-order chi connectivity index (χ0) is 16.0. The minimum atomic E-state index is -3.59. The monoisotopic (exact) mass is 315 g/mol. The number of ether oxygens (including phenoxy) is 1. The van der Waals surface area contributed by atoms with Crippen molar-refractivity contribution in [1.82, 2.24) is 4.31 Å². The first-order valence-electron chi connectivity index (χ1n) is 6.09. The smallest absolute Gasteiger partial charge is 0.337 e. The Labute approximate surface area is 123 Å². The summed E-state index contributed by atoms with van der Waals surface area (Å²) in [6, 6.07) is 6.01. The van der Waals surface area contributed by atoms with E-state index >= 15 is 0 Å². The van der Waals surface area contributed by atoms with Crippen molar-refractivity contribution in [2.24, 2.45) is 0 Å².